The van der Waals surface area contributed by atoms with Gasteiger partial charge in [0.05, 0.1) is 13.2 Å². The molecular formula is C14H24N2O2. The van der Waals surface area contributed by atoms with Crippen molar-refractivity contribution in [3.8, 4) is 0 Å². The summed E-state index contributed by atoms with van der Waals surface area (Å²) in [6.07, 6.45) is 3.91. The number of pyridine rings is 1. The van der Waals surface area contributed by atoms with Crippen molar-refractivity contribution >= 4 is 5.82 Å². The first-order chi connectivity index (χ1) is 8.76. The van der Waals surface area contributed by atoms with Gasteiger partial charge in [0.2, 0.25) is 0 Å². The fraction of sp³-hybridized carbons (Fsp3) is 0.643. The van der Waals surface area contributed by atoms with Crippen LogP contribution in [0.5, 0.6) is 0 Å². The molecule has 4 nitrogen and oxygen atoms in total. The Hall–Kier alpha value is -1.13. The number of nitrogens with zero attached hydrogens (tertiary/aromatic N) is 2. The fourth-order valence-corrected chi connectivity index (χ4v) is 2.08. The maximum absolute atomic E-state index is 9.04. The van der Waals surface area contributed by atoms with Crippen LogP contribution < -0.4 is 4.90 Å². The number of aromatic nitrogens is 1. The van der Waals surface area contributed by atoms with E-state index in [4.69, 9.17) is 9.84 Å². The summed E-state index contributed by atoms with van der Waals surface area (Å²) in [5, 5.41) is 9.04. The smallest absolute Gasteiger partial charge is 0.128 e. The Morgan fingerprint density at radius 1 is 1.33 bits per heavy atom. The van der Waals surface area contributed by atoms with E-state index in [0.29, 0.717) is 12.6 Å². The van der Waals surface area contributed by atoms with Crippen LogP contribution in [0.15, 0.2) is 18.3 Å². The van der Waals surface area contributed by atoms with Gasteiger partial charge in [0, 0.05) is 25.9 Å². The van der Waals surface area contributed by atoms with Gasteiger partial charge in [0.25, 0.3) is 0 Å². The van der Waals surface area contributed by atoms with Gasteiger partial charge in [0.1, 0.15) is 5.82 Å². The van der Waals surface area contributed by atoms with Crippen molar-refractivity contribution in [3.05, 3.63) is 23.9 Å². The number of hydrogen-bond acceptors (Lipinski definition) is 4. The largest absolute Gasteiger partial charge is 0.392 e. The summed E-state index contributed by atoms with van der Waals surface area (Å²) in [5.41, 5.74) is 0.843. The summed E-state index contributed by atoms with van der Waals surface area (Å²) < 4.78 is 5.17. The molecule has 102 valence electrons. The van der Waals surface area contributed by atoms with Gasteiger partial charge in [-0.2, -0.15) is 0 Å². The molecule has 0 fully saturated rings. The normalized spacial score (nSPS) is 10.9. The molecule has 0 saturated heterocycles. The van der Waals surface area contributed by atoms with Crippen LogP contribution in [0, 0.1) is 0 Å². The average molecular weight is 252 g/mol. The van der Waals surface area contributed by atoms with Crippen molar-refractivity contribution in [2.45, 2.75) is 39.3 Å². The van der Waals surface area contributed by atoms with Crippen LogP contribution in [0.25, 0.3) is 0 Å². The summed E-state index contributed by atoms with van der Waals surface area (Å²) in [6, 6.07) is 4.37. The number of methoxy groups -OCH3 is 1. The zero-order chi connectivity index (χ0) is 13.4. The highest BCUT2D eigenvalue weighted by Gasteiger charge is 2.16. The lowest BCUT2D eigenvalue weighted by Gasteiger charge is -2.31. The SMILES string of the molecule is CCC(CC)N(CCOC)c1ccc(CO)cn1. The van der Waals surface area contributed by atoms with Gasteiger partial charge in [0.15, 0.2) is 0 Å². The van der Waals surface area contributed by atoms with Gasteiger partial charge in [-0.3, -0.25) is 0 Å². The Bertz CT molecular complexity index is 323. The highest BCUT2D eigenvalue weighted by Crippen LogP contribution is 2.18. The number of aliphatic hydroxyl groups excluding tert-OH is 1. The van der Waals surface area contributed by atoms with E-state index in [1.807, 2.05) is 12.1 Å². The Labute approximate surface area is 110 Å². The minimum absolute atomic E-state index is 0.0380. The summed E-state index contributed by atoms with van der Waals surface area (Å²) in [4.78, 5) is 6.71. The van der Waals surface area contributed by atoms with Crippen molar-refractivity contribution < 1.29 is 9.84 Å². The molecule has 18 heavy (non-hydrogen) atoms. The van der Waals surface area contributed by atoms with E-state index in [9.17, 15) is 0 Å². The molecule has 0 aliphatic carbocycles. The van der Waals surface area contributed by atoms with E-state index in [0.717, 1.165) is 30.8 Å². The van der Waals surface area contributed by atoms with E-state index in [1.165, 1.54) is 0 Å². The predicted molar refractivity (Wildman–Crippen MR) is 73.8 cm³/mol. The molecule has 0 amide bonds. The Morgan fingerprint density at radius 2 is 2.06 bits per heavy atom. The molecule has 0 saturated carbocycles. The second-order valence-electron chi connectivity index (χ2n) is 4.34. The summed E-state index contributed by atoms with van der Waals surface area (Å²) in [7, 11) is 1.72. The lowest BCUT2D eigenvalue weighted by atomic mass is 10.1. The predicted octanol–water partition coefficient (Wildman–Crippen LogP) is 2.22. The number of aliphatic hydroxyl groups is 1. The van der Waals surface area contributed by atoms with Crippen LogP contribution in [0.1, 0.15) is 32.3 Å². The van der Waals surface area contributed by atoms with Crippen LogP contribution in [-0.2, 0) is 11.3 Å². The number of hydrogen-bond donors (Lipinski definition) is 1. The lowest BCUT2D eigenvalue weighted by Crippen LogP contribution is -2.37. The maximum atomic E-state index is 9.04. The summed E-state index contributed by atoms with van der Waals surface area (Å²) in [6.45, 7) is 5.96. The number of ether oxygens (including phenoxy) is 1. The molecule has 0 aliphatic heterocycles. The first-order valence-electron chi connectivity index (χ1n) is 6.58. The summed E-state index contributed by atoms with van der Waals surface area (Å²) in [5.74, 6) is 0.956. The van der Waals surface area contributed by atoms with Crippen molar-refractivity contribution in [3.63, 3.8) is 0 Å². The van der Waals surface area contributed by atoms with Gasteiger partial charge in [-0.1, -0.05) is 19.9 Å². The Kier molecular flexibility index (Phi) is 6.68. The van der Waals surface area contributed by atoms with Crippen LogP contribution in [0.3, 0.4) is 0 Å². The molecule has 0 spiro atoms. The lowest BCUT2D eigenvalue weighted by molar-refractivity contribution is 0.202. The molecule has 0 aromatic carbocycles. The molecule has 0 radical (unpaired) electrons. The zero-order valence-corrected chi connectivity index (χ0v) is 11.6. The van der Waals surface area contributed by atoms with Crippen molar-refractivity contribution in [2.75, 3.05) is 25.2 Å². The molecule has 4 heteroatoms. The third-order valence-electron chi connectivity index (χ3n) is 3.21. The minimum atomic E-state index is 0.0380. The maximum Gasteiger partial charge on any atom is 0.128 e. The van der Waals surface area contributed by atoms with E-state index in [1.54, 1.807) is 13.3 Å². The molecule has 1 N–H and O–H groups in total. The van der Waals surface area contributed by atoms with Crippen molar-refractivity contribution in [2.24, 2.45) is 0 Å². The molecule has 1 aromatic rings. The van der Waals surface area contributed by atoms with E-state index in [-0.39, 0.29) is 6.61 Å². The fourth-order valence-electron chi connectivity index (χ4n) is 2.08. The highest BCUT2D eigenvalue weighted by molar-refractivity contribution is 5.40. The standard InChI is InChI=1S/C14H24N2O2/c1-4-13(5-2)16(8-9-18-3)14-7-6-12(11-17)10-15-14/h6-7,10,13,17H,4-5,8-9,11H2,1-3H3. The van der Waals surface area contributed by atoms with Crippen LogP contribution >= 0.6 is 0 Å². The van der Waals surface area contributed by atoms with Gasteiger partial charge >= 0.3 is 0 Å². The number of anilines is 1. The van der Waals surface area contributed by atoms with Gasteiger partial charge < -0.3 is 14.7 Å². The second-order valence-corrected chi connectivity index (χ2v) is 4.34. The van der Waals surface area contributed by atoms with Crippen LogP contribution in [-0.4, -0.2) is 36.4 Å². The second kappa shape index (κ2) is 8.06. The first kappa shape index (κ1) is 14.9. The third-order valence-corrected chi connectivity index (χ3v) is 3.21. The molecule has 1 aromatic heterocycles. The Balaban J connectivity index is 2.85. The molecule has 1 heterocycles. The molecular weight excluding hydrogens is 228 g/mol. The van der Waals surface area contributed by atoms with Crippen molar-refractivity contribution in [1.82, 2.24) is 4.98 Å². The average Bonchev–Trinajstić information content (AvgIpc) is 2.43. The topological polar surface area (TPSA) is 45.6 Å². The molecule has 0 bridgehead atoms. The van der Waals surface area contributed by atoms with E-state index >= 15 is 0 Å². The highest BCUT2D eigenvalue weighted by atomic mass is 16.5. The van der Waals surface area contributed by atoms with Crippen molar-refractivity contribution in [1.29, 1.82) is 0 Å². The number of rotatable bonds is 8. The Morgan fingerprint density at radius 3 is 2.50 bits per heavy atom. The summed E-state index contributed by atoms with van der Waals surface area (Å²) >= 11 is 0. The van der Waals surface area contributed by atoms with Gasteiger partial charge in [-0.05, 0) is 24.5 Å². The van der Waals surface area contributed by atoms with E-state index < -0.39 is 0 Å². The van der Waals surface area contributed by atoms with Gasteiger partial charge in [-0.25, -0.2) is 4.98 Å². The molecule has 0 atom stereocenters. The monoisotopic (exact) mass is 252 g/mol. The zero-order valence-electron chi connectivity index (χ0n) is 11.6. The third kappa shape index (κ3) is 3.96. The van der Waals surface area contributed by atoms with E-state index in [2.05, 4.69) is 23.7 Å². The molecule has 1 rings (SSSR count). The van der Waals surface area contributed by atoms with Crippen LogP contribution in [0.4, 0.5) is 5.82 Å². The van der Waals surface area contributed by atoms with Gasteiger partial charge in [-0.15, -0.1) is 0 Å². The quantitative estimate of drug-likeness (QED) is 0.770. The first-order valence-corrected chi connectivity index (χ1v) is 6.58. The molecule has 0 aliphatic rings. The van der Waals surface area contributed by atoms with Crippen LogP contribution in [0.2, 0.25) is 0 Å². The molecule has 0 unspecified atom stereocenters. The minimum Gasteiger partial charge on any atom is -0.392 e.